The van der Waals surface area contributed by atoms with Crippen LogP contribution in [0.4, 0.5) is 5.82 Å². The number of aromatic hydroxyl groups is 1. The van der Waals surface area contributed by atoms with Crippen LogP contribution in [0.2, 0.25) is 0 Å². The van der Waals surface area contributed by atoms with Crippen LogP contribution in [0.3, 0.4) is 0 Å². The van der Waals surface area contributed by atoms with Crippen LogP contribution in [0.25, 0.3) is 33.5 Å². The number of carbonyl (C=O) groups excluding carboxylic acids is 1. The predicted molar refractivity (Wildman–Crippen MR) is 123 cm³/mol. The first-order valence-corrected chi connectivity index (χ1v) is 10.8. The topological polar surface area (TPSA) is 149 Å². The number of phenolic OH excluding ortho intramolecular Hbond substituents is 1. The van der Waals surface area contributed by atoms with Crippen LogP contribution in [0.1, 0.15) is 37.3 Å². The lowest BCUT2D eigenvalue weighted by Gasteiger charge is -2.29. The number of nitrogens with one attached hydrogen (secondary N) is 1. The summed E-state index contributed by atoms with van der Waals surface area (Å²) in [6.45, 7) is 1.88. The van der Waals surface area contributed by atoms with E-state index in [2.05, 4.69) is 19.9 Å². The van der Waals surface area contributed by atoms with Gasteiger partial charge in [-0.2, -0.15) is 0 Å². The number of aromatic amines is 1. The van der Waals surface area contributed by atoms with Gasteiger partial charge in [0, 0.05) is 16.9 Å². The first-order valence-electron chi connectivity index (χ1n) is 10.8. The molecule has 3 heterocycles. The van der Waals surface area contributed by atoms with E-state index in [1.807, 2.05) is 13.0 Å². The summed E-state index contributed by atoms with van der Waals surface area (Å²) in [7, 11) is 1.39. The molecule has 0 atom stereocenters. The molecule has 1 aliphatic carbocycles. The second kappa shape index (κ2) is 7.88. The van der Waals surface area contributed by atoms with Crippen molar-refractivity contribution in [3.05, 3.63) is 40.4 Å². The van der Waals surface area contributed by atoms with Gasteiger partial charge in [0.15, 0.2) is 17.2 Å². The lowest BCUT2D eigenvalue weighted by Crippen LogP contribution is -2.32. The van der Waals surface area contributed by atoms with Crippen molar-refractivity contribution < 1.29 is 14.6 Å². The van der Waals surface area contributed by atoms with Crippen LogP contribution in [0, 0.1) is 12.8 Å². The fourth-order valence-corrected chi connectivity index (χ4v) is 4.77. The quantitative estimate of drug-likeness (QED) is 0.405. The third-order valence-corrected chi connectivity index (χ3v) is 6.42. The number of nitrogens with zero attached hydrogens (tertiary/aromatic N) is 4. The van der Waals surface area contributed by atoms with Gasteiger partial charge < -0.3 is 20.6 Å². The van der Waals surface area contributed by atoms with Crippen LogP contribution in [-0.4, -0.2) is 42.7 Å². The molecule has 0 bridgehead atoms. The molecule has 4 aromatic rings. The maximum Gasteiger partial charge on any atom is 0.308 e. The molecule has 10 heteroatoms. The molecule has 3 aromatic heterocycles. The van der Waals surface area contributed by atoms with E-state index in [0.717, 1.165) is 5.56 Å². The maximum absolute atomic E-state index is 13.7. The minimum absolute atomic E-state index is 0.123. The predicted octanol–water partition coefficient (Wildman–Crippen LogP) is 2.84. The van der Waals surface area contributed by atoms with E-state index in [9.17, 15) is 14.7 Å². The molecule has 5 rings (SSSR count). The van der Waals surface area contributed by atoms with E-state index in [4.69, 9.17) is 10.5 Å². The van der Waals surface area contributed by atoms with Crippen LogP contribution < -0.4 is 11.3 Å². The minimum atomic E-state index is -0.315. The van der Waals surface area contributed by atoms with Crippen molar-refractivity contribution in [2.45, 2.75) is 38.6 Å². The van der Waals surface area contributed by atoms with Gasteiger partial charge in [0.2, 0.25) is 0 Å². The fraction of sp³-hybridized carbons (Fsp3) is 0.348. The van der Waals surface area contributed by atoms with Crippen LogP contribution >= 0.6 is 0 Å². The Hall–Kier alpha value is -3.95. The number of phenols is 1. The van der Waals surface area contributed by atoms with Gasteiger partial charge >= 0.3 is 5.97 Å². The van der Waals surface area contributed by atoms with E-state index in [-0.39, 0.29) is 40.7 Å². The van der Waals surface area contributed by atoms with Crippen molar-refractivity contribution in [2.75, 3.05) is 12.8 Å². The number of anilines is 1. The van der Waals surface area contributed by atoms with Gasteiger partial charge in [0.25, 0.3) is 5.56 Å². The van der Waals surface area contributed by atoms with Gasteiger partial charge in [-0.1, -0.05) is 0 Å². The number of nitrogens with two attached hydrogens (primary N) is 1. The Morgan fingerprint density at radius 1 is 1.21 bits per heavy atom. The number of methoxy groups -OCH3 is 1. The van der Waals surface area contributed by atoms with Crippen molar-refractivity contribution in [1.82, 2.24) is 24.5 Å². The largest absolute Gasteiger partial charge is 0.507 e. The van der Waals surface area contributed by atoms with E-state index >= 15 is 0 Å². The van der Waals surface area contributed by atoms with Gasteiger partial charge in [-0.15, -0.1) is 0 Å². The molecular weight excluding hydrogens is 424 g/mol. The molecule has 0 unspecified atom stereocenters. The SMILES string of the molecule is COC(=O)C1CCC(n2c(=O)c(-c3cc4c(O)cc(C)cc4[nH]3)nc3c(N)ncnc32)CC1. The van der Waals surface area contributed by atoms with Crippen molar-refractivity contribution in [1.29, 1.82) is 0 Å². The zero-order valence-electron chi connectivity index (χ0n) is 18.3. The number of benzene rings is 1. The number of aromatic nitrogens is 5. The molecule has 0 radical (unpaired) electrons. The Morgan fingerprint density at radius 3 is 2.70 bits per heavy atom. The summed E-state index contributed by atoms with van der Waals surface area (Å²) in [5.74, 6) is -0.0967. The number of rotatable bonds is 3. The Labute approximate surface area is 188 Å². The van der Waals surface area contributed by atoms with E-state index < -0.39 is 0 Å². The Morgan fingerprint density at radius 2 is 1.97 bits per heavy atom. The molecule has 1 aliphatic rings. The standard InChI is InChI=1S/C23H24N6O4/c1-11-7-15-14(17(30)8-11)9-16(27-15)18-22(31)29(21-19(28-18)20(24)25-10-26-21)13-5-3-12(4-6-13)23(32)33-2/h7-10,12-13,27,30H,3-6H2,1-2H3,(H2,24,25,26). The fourth-order valence-electron chi connectivity index (χ4n) is 4.77. The van der Waals surface area contributed by atoms with Gasteiger partial charge in [0.1, 0.15) is 17.6 Å². The summed E-state index contributed by atoms with van der Waals surface area (Å²) in [6.07, 6.45) is 3.79. The highest BCUT2D eigenvalue weighted by atomic mass is 16.5. The highest BCUT2D eigenvalue weighted by Gasteiger charge is 2.30. The van der Waals surface area contributed by atoms with Crippen molar-refractivity contribution >= 4 is 33.9 Å². The second-order valence-electron chi connectivity index (χ2n) is 8.52. The average Bonchev–Trinajstić information content (AvgIpc) is 3.23. The molecule has 1 saturated carbocycles. The third kappa shape index (κ3) is 3.47. The Bertz CT molecular complexity index is 1450. The molecule has 0 spiro atoms. The Balaban J connectivity index is 1.67. The summed E-state index contributed by atoms with van der Waals surface area (Å²) in [5.41, 5.74) is 8.73. The lowest BCUT2D eigenvalue weighted by atomic mass is 9.86. The number of fused-ring (bicyclic) bond motifs is 2. The molecule has 0 aliphatic heterocycles. The number of hydrogen-bond donors (Lipinski definition) is 3. The van der Waals surface area contributed by atoms with E-state index in [1.54, 1.807) is 16.7 Å². The van der Waals surface area contributed by atoms with Crippen molar-refractivity contribution in [3.63, 3.8) is 0 Å². The Kier molecular flexibility index (Phi) is 4.99. The molecule has 0 saturated heterocycles. The number of carbonyl (C=O) groups is 1. The third-order valence-electron chi connectivity index (χ3n) is 6.42. The second-order valence-corrected chi connectivity index (χ2v) is 8.52. The maximum atomic E-state index is 13.7. The van der Waals surface area contributed by atoms with Crippen LogP contribution in [0.15, 0.2) is 29.3 Å². The molecule has 170 valence electrons. The summed E-state index contributed by atoms with van der Waals surface area (Å²) < 4.78 is 6.51. The summed E-state index contributed by atoms with van der Waals surface area (Å²) >= 11 is 0. The summed E-state index contributed by atoms with van der Waals surface area (Å²) in [4.78, 5) is 41.8. The summed E-state index contributed by atoms with van der Waals surface area (Å²) in [6, 6.07) is 5.09. The number of esters is 1. The minimum Gasteiger partial charge on any atom is -0.507 e. The molecule has 10 nitrogen and oxygen atoms in total. The van der Waals surface area contributed by atoms with Gasteiger partial charge in [-0.05, 0) is 56.4 Å². The molecule has 1 aromatic carbocycles. The van der Waals surface area contributed by atoms with Crippen molar-refractivity contribution in [2.24, 2.45) is 5.92 Å². The molecule has 33 heavy (non-hydrogen) atoms. The van der Waals surface area contributed by atoms with Crippen molar-refractivity contribution in [3.8, 4) is 17.1 Å². The first-order chi connectivity index (χ1) is 15.9. The van der Waals surface area contributed by atoms with Gasteiger partial charge in [-0.3, -0.25) is 14.2 Å². The number of H-pyrrole nitrogens is 1. The number of aryl methyl sites for hydroxylation is 1. The van der Waals surface area contributed by atoms with E-state index in [0.29, 0.717) is 53.4 Å². The smallest absolute Gasteiger partial charge is 0.308 e. The average molecular weight is 448 g/mol. The normalized spacial score (nSPS) is 18.6. The summed E-state index contributed by atoms with van der Waals surface area (Å²) in [5, 5.41) is 10.9. The molecule has 1 fully saturated rings. The number of hydrogen-bond acceptors (Lipinski definition) is 8. The first kappa shape index (κ1) is 20.9. The zero-order chi connectivity index (χ0) is 23.3. The highest BCUT2D eigenvalue weighted by Crippen LogP contribution is 2.35. The highest BCUT2D eigenvalue weighted by molar-refractivity contribution is 5.91. The number of ether oxygens (including phenoxy) is 1. The lowest BCUT2D eigenvalue weighted by molar-refractivity contribution is -0.146. The molecule has 0 amide bonds. The monoisotopic (exact) mass is 448 g/mol. The number of nitrogen functional groups attached to an aromatic ring is 1. The van der Waals surface area contributed by atoms with Crippen LogP contribution in [-0.2, 0) is 9.53 Å². The van der Waals surface area contributed by atoms with Gasteiger partial charge in [-0.25, -0.2) is 15.0 Å². The molecular formula is C23H24N6O4. The van der Waals surface area contributed by atoms with Gasteiger partial charge in [0.05, 0.1) is 18.7 Å². The van der Waals surface area contributed by atoms with Crippen LogP contribution in [0.5, 0.6) is 5.75 Å². The zero-order valence-corrected chi connectivity index (χ0v) is 18.3. The van der Waals surface area contributed by atoms with E-state index in [1.165, 1.54) is 13.4 Å². The molecule has 4 N–H and O–H groups in total.